The lowest BCUT2D eigenvalue weighted by atomic mass is 10.2. The first-order valence-electron chi connectivity index (χ1n) is 3.70. The minimum Gasteiger partial charge on any atom is -0.397 e. The molecule has 2 rings (SSSR count). The fourth-order valence-corrected chi connectivity index (χ4v) is 2.79. The molecule has 0 amide bonds. The predicted octanol–water partition coefficient (Wildman–Crippen LogP) is 3.15. The van der Waals surface area contributed by atoms with Crippen LogP contribution in [-0.4, -0.2) is 4.92 Å². The van der Waals surface area contributed by atoms with Gasteiger partial charge < -0.3 is 5.73 Å². The van der Waals surface area contributed by atoms with Crippen LogP contribution in [0, 0.1) is 10.1 Å². The zero-order chi connectivity index (χ0) is 10.3. The molecule has 0 unspecified atom stereocenters. The summed E-state index contributed by atoms with van der Waals surface area (Å²) in [5, 5.41) is 13.0. The van der Waals surface area contributed by atoms with E-state index >= 15 is 0 Å². The molecule has 6 heteroatoms. The zero-order valence-corrected chi connectivity index (χ0v) is 9.26. The number of thiophene rings is 1. The molecule has 0 saturated carbocycles. The molecule has 0 radical (unpaired) electrons. The largest absolute Gasteiger partial charge is 0.397 e. The molecule has 0 atom stereocenters. The van der Waals surface area contributed by atoms with Crippen molar-refractivity contribution < 1.29 is 4.92 Å². The fraction of sp³-hybridized carbons (Fsp3) is 0. The molecule has 72 valence electrons. The molecule has 14 heavy (non-hydrogen) atoms. The Balaban J connectivity index is 2.90. The summed E-state index contributed by atoms with van der Waals surface area (Å²) in [5.41, 5.74) is 6.17. The number of nitrogens with two attached hydrogens (primary N) is 1. The smallest absolute Gasteiger partial charge is 0.281 e. The van der Waals surface area contributed by atoms with E-state index in [1.807, 2.05) is 6.07 Å². The van der Waals surface area contributed by atoms with E-state index in [0.717, 1.165) is 4.70 Å². The fourth-order valence-electron chi connectivity index (χ4n) is 1.28. The van der Waals surface area contributed by atoms with Crippen LogP contribution in [0.5, 0.6) is 0 Å². The number of hydrogen-bond acceptors (Lipinski definition) is 4. The number of nitro benzene ring substituents is 1. The molecule has 0 spiro atoms. The number of hydrogen-bond donors (Lipinski definition) is 1. The second-order valence-electron chi connectivity index (χ2n) is 2.75. The highest BCUT2D eigenvalue weighted by Gasteiger charge is 2.16. The zero-order valence-electron chi connectivity index (χ0n) is 6.86. The standard InChI is InChI=1S/C8H5BrN2O2S/c9-4-1-6(11(12)13)8-5(10)3-14-7(8)2-4/h1-3H,10H2. The third-order valence-corrected chi connectivity index (χ3v) is 3.25. The van der Waals surface area contributed by atoms with Crippen LogP contribution >= 0.6 is 27.3 Å². The normalized spacial score (nSPS) is 10.6. The number of non-ortho nitro benzene ring substituents is 1. The number of nitrogens with zero attached hydrogens (tertiary/aromatic N) is 1. The quantitative estimate of drug-likeness (QED) is 0.641. The first kappa shape index (κ1) is 9.42. The van der Waals surface area contributed by atoms with Crippen LogP contribution in [0.2, 0.25) is 0 Å². The average Bonchev–Trinajstić information content (AvgIpc) is 2.46. The van der Waals surface area contributed by atoms with E-state index in [4.69, 9.17) is 5.73 Å². The van der Waals surface area contributed by atoms with Gasteiger partial charge in [0.15, 0.2) is 0 Å². The van der Waals surface area contributed by atoms with Gasteiger partial charge in [-0.3, -0.25) is 10.1 Å². The highest BCUT2D eigenvalue weighted by molar-refractivity contribution is 9.10. The maximum absolute atomic E-state index is 10.8. The van der Waals surface area contributed by atoms with Gasteiger partial charge in [-0.15, -0.1) is 11.3 Å². The Bertz CT molecular complexity index is 523. The van der Waals surface area contributed by atoms with Crippen molar-refractivity contribution in [3.63, 3.8) is 0 Å². The van der Waals surface area contributed by atoms with E-state index in [-0.39, 0.29) is 5.69 Å². The maximum atomic E-state index is 10.8. The van der Waals surface area contributed by atoms with Gasteiger partial charge in [0, 0.05) is 20.6 Å². The van der Waals surface area contributed by atoms with Crippen LogP contribution in [0.15, 0.2) is 22.0 Å². The summed E-state index contributed by atoms with van der Waals surface area (Å²) in [4.78, 5) is 10.3. The molecule has 0 fully saturated rings. The van der Waals surface area contributed by atoms with E-state index in [9.17, 15) is 10.1 Å². The van der Waals surface area contributed by atoms with E-state index in [2.05, 4.69) is 15.9 Å². The van der Waals surface area contributed by atoms with E-state index < -0.39 is 4.92 Å². The lowest BCUT2D eigenvalue weighted by molar-refractivity contribution is -0.383. The Morgan fingerprint density at radius 1 is 1.50 bits per heavy atom. The van der Waals surface area contributed by atoms with Crippen molar-refractivity contribution >= 4 is 48.7 Å². The summed E-state index contributed by atoms with van der Waals surface area (Å²) in [6.45, 7) is 0. The topological polar surface area (TPSA) is 69.2 Å². The summed E-state index contributed by atoms with van der Waals surface area (Å²) < 4.78 is 1.52. The van der Waals surface area contributed by atoms with Crippen LogP contribution < -0.4 is 5.73 Å². The summed E-state index contributed by atoms with van der Waals surface area (Å²) in [6.07, 6.45) is 0. The van der Waals surface area contributed by atoms with Gasteiger partial charge in [0.05, 0.1) is 16.0 Å². The third kappa shape index (κ3) is 1.36. The molecule has 0 saturated heterocycles. The van der Waals surface area contributed by atoms with E-state index in [1.165, 1.54) is 17.4 Å². The van der Waals surface area contributed by atoms with Crippen molar-refractivity contribution in [3.8, 4) is 0 Å². The minimum atomic E-state index is -0.420. The molecule has 2 N–H and O–H groups in total. The van der Waals surface area contributed by atoms with Gasteiger partial charge in [-0.1, -0.05) is 15.9 Å². The average molecular weight is 273 g/mol. The summed E-state index contributed by atoms with van der Waals surface area (Å²) in [5.74, 6) is 0. The van der Waals surface area contributed by atoms with E-state index in [1.54, 1.807) is 5.38 Å². The number of fused-ring (bicyclic) bond motifs is 1. The molecule has 1 aromatic heterocycles. The monoisotopic (exact) mass is 272 g/mol. The second kappa shape index (κ2) is 3.21. The van der Waals surface area contributed by atoms with Crippen LogP contribution in [0.1, 0.15) is 0 Å². The van der Waals surface area contributed by atoms with Crippen molar-refractivity contribution in [2.75, 3.05) is 5.73 Å². The van der Waals surface area contributed by atoms with Gasteiger partial charge in [-0.2, -0.15) is 0 Å². The van der Waals surface area contributed by atoms with Gasteiger partial charge in [-0.05, 0) is 6.07 Å². The number of rotatable bonds is 1. The Kier molecular flexibility index (Phi) is 2.16. The van der Waals surface area contributed by atoms with Crippen molar-refractivity contribution in [1.29, 1.82) is 0 Å². The SMILES string of the molecule is Nc1csc2cc(Br)cc([N+](=O)[O-])c12. The minimum absolute atomic E-state index is 0.0492. The Hall–Kier alpha value is -1.14. The van der Waals surface area contributed by atoms with Gasteiger partial charge in [0.2, 0.25) is 0 Å². The molecule has 0 aliphatic rings. The molecular weight excluding hydrogens is 268 g/mol. The Morgan fingerprint density at radius 2 is 2.21 bits per heavy atom. The van der Waals surface area contributed by atoms with Gasteiger partial charge in [0.25, 0.3) is 5.69 Å². The number of halogens is 1. The van der Waals surface area contributed by atoms with Gasteiger partial charge in [-0.25, -0.2) is 0 Å². The number of nitrogen functional groups attached to an aromatic ring is 1. The first-order chi connectivity index (χ1) is 6.59. The molecule has 4 nitrogen and oxygen atoms in total. The lowest BCUT2D eigenvalue weighted by Crippen LogP contribution is -1.90. The molecule has 1 heterocycles. The molecule has 2 aromatic rings. The Labute approximate surface area is 91.6 Å². The van der Waals surface area contributed by atoms with Crippen LogP contribution in [0.3, 0.4) is 0 Å². The third-order valence-electron chi connectivity index (χ3n) is 1.84. The summed E-state index contributed by atoms with van der Waals surface area (Å²) in [6, 6.07) is 3.29. The van der Waals surface area contributed by atoms with Crippen molar-refractivity contribution in [3.05, 3.63) is 32.1 Å². The highest BCUT2D eigenvalue weighted by Crippen LogP contribution is 2.37. The van der Waals surface area contributed by atoms with Crippen LogP contribution in [0.25, 0.3) is 10.1 Å². The van der Waals surface area contributed by atoms with Crippen molar-refractivity contribution in [1.82, 2.24) is 0 Å². The number of benzene rings is 1. The molecule has 1 aromatic carbocycles. The molecular formula is C8H5BrN2O2S. The number of nitro groups is 1. The van der Waals surface area contributed by atoms with Crippen LogP contribution in [-0.2, 0) is 0 Å². The van der Waals surface area contributed by atoms with Gasteiger partial charge in [0.1, 0.15) is 0 Å². The second-order valence-corrected chi connectivity index (χ2v) is 4.57. The summed E-state index contributed by atoms with van der Waals surface area (Å²) >= 11 is 4.62. The summed E-state index contributed by atoms with van der Waals surface area (Å²) in [7, 11) is 0. The van der Waals surface area contributed by atoms with Gasteiger partial charge >= 0.3 is 0 Å². The molecule has 0 bridgehead atoms. The van der Waals surface area contributed by atoms with E-state index in [0.29, 0.717) is 15.5 Å². The Morgan fingerprint density at radius 3 is 2.86 bits per heavy atom. The van der Waals surface area contributed by atoms with Crippen molar-refractivity contribution in [2.24, 2.45) is 0 Å². The first-order valence-corrected chi connectivity index (χ1v) is 5.37. The molecule has 0 aliphatic heterocycles. The highest BCUT2D eigenvalue weighted by atomic mass is 79.9. The maximum Gasteiger partial charge on any atom is 0.281 e. The lowest BCUT2D eigenvalue weighted by Gasteiger charge is -1.96. The predicted molar refractivity (Wildman–Crippen MR) is 60.6 cm³/mol. The number of anilines is 1. The van der Waals surface area contributed by atoms with Crippen LogP contribution in [0.4, 0.5) is 11.4 Å². The van der Waals surface area contributed by atoms with Crippen molar-refractivity contribution in [2.45, 2.75) is 0 Å². The molecule has 0 aliphatic carbocycles.